The molecule has 0 aliphatic rings. The van der Waals surface area contributed by atoms with Gasteiger partial charge in [-0.3, -0.25) is 9.69 Å². The quantitative estimate of drug-likeness (QED) is 0.848. The molecule has 21 heavy (non-hydrogen) atoms. The largest absolute Gasteiger partial charge is 0.481 e. The van der Waals surface area contributed by atoms with Gasteiger partial charge in [0, 0.05) is 13.1 Å². The minimum absolute atomic E-state index is 0.0107. The third-order valence-corrected chi connectivity index (χ3v) is 3.30. The number of rotatable bonds is 6. The molecule has 5 nitrogen and oxygen atoms in total. The lowest BCUT2D eigenvalue weighted by molar-refractivity contribution is -0.142. The summed E-state index contributed by atoms with van der Waals surface area (Å²) in [5.74, 6) is -2.23. The van der Waals surface area contributed by atoms with Crippen molar-refractivity contribution in [2.45, 2.75) is 20.8 Å². The number of carboxylic acids is 1. The van der Waals surface area contributed by atoms with Crippen LogP contribution in [0.1, 0.15) is 20.8 Å². The molecule has 0 aliphatic heterocycles. The van der Waals surface area contributed by atoms with Crippen molar-refractivity contribution in [2.75, 3.05) is 18.0 Å². The Morgan fingerprint density at radius 2 is 1.95 bits per heavy atom. The fourth-order valence-electron chi connectivity index (χ4n) is 1.99. The number of amides is 2. The van der Waals surface area contributed by atoms with Crippen LogP contribution in [-0.4, -0.2) is 30.2 Å². The van der Waals surface area contributed by atoms with Gasteiger partial charge >= 0.3 is 12.0 Å². The fourth-order valence-corrected chi connectivity index (χ4v) is 1.99. The molecule has 1 unspecified atom stereocenters. The second-order valence-corrected chi connectivity index (χ2v) is 5.07. The predicted octanol–water partition coefficient (Wildman–Crippen LogP) is 2.72. The predicted molar refractivity (Wildman–Crippen MR) is 78.8 cm³/mol. The van der Waals surface area contributed by atoms with Crippen molar-refractivity contribution in [1.29, 1.82) is 0 Å². The van der Waals surface area contributed by atoms with Gasteiger partial charge in [0.25, 0.3) is 0 Å². The van der Waals surface area contributed by atoms with Crippen LogP contribution < -0.4 is 10.2 Å². The zero-order valence-corrected chi connectivity index (χ0v) is 12.5. The first kappa shape index (κ1) is 16.9. The topological polar surface area (TPSA) is 69.6 Å². The van der Waals surface area contributed by atoms with Crippen LogP contribution >= 0.6 is 0 Å². The van der Waals surface area contributed by atoms with Crippen LogP contribution in [0.2, 0.25) is 0 Å². The van der Waals surface area contributed by atoms with Crippen molar-refractivity contribution >= 4 is 17.7 Å². The van der Waals surface area contributed by atoms with Gasteiger partial charge < -0.3 is 10.4 Å². The van der Waals surface area contributed by atoms with E-state index in [-0.39, 0.29) is 24.7 Å². The van der Waals surface area contributed by atoms with Crippen LogP contribution in [0.5, 0.6) is 0 Å². The first-order valence-electron chi connectivity index (χ1n) is 6.91. The number of halogens is 1. The number of para-hydroxylation sites is 1. The molecule has 2 amide bonds. The molecule has 0 saturated carbocycles. The van der Waals surface area contributed by atoms with E-state index in [2.05, 4.69) is 5.32 Å². The highest BCUT2D eigenvalue weighted by Gasteiger charge is 2.24. The SMILES string of the molecule is CCN(C(=O)NCC(C(=O)O)C(C)C)c1ccccc1F. The molecule has 1 aromatic carbocycles. The summed E-state index contributed by atoms with van der Waals surface area (Å²) in [6, 6.07) is 5.47. The zero-order valence-electron chi connectivity index (χ0n) is 12.5. The van der Waals surface area contributed by atoms with Crippen LogP contribution in [0.3, 0.4) is 0 Å². The minimum Gasteiger partial charge on any atom is -0.481 e. The molecule has 0 heterocycles. The molecule has 0 spiro atoms. The zero-order chi connectivity index (χ0) is 16.0. The monoisotopic (exact) mass is 296 g/mol. The third-order valence-electron chi connectivity index (χ3n) is 3.30. The molecule has 6 heteroatoms. The second kappa shape index (κ2) is 7.61. The fraction of sp³-hybridized carbons (Fsp3) is 0.467. The molecule has 0 aromatic heterocycles. The molecule has 0 aliphatic carbocycles. The second-order valence-electron chi connectivity index (χ2n) is 5.07. The average molecular weight is 296 g/mol. The molecular weight excluding hydrogens is 275 g/mol. The summed E-state index contributed by atoms with van der Waals surface area (Å²) < 4.78 is 13.7. The highest BCUT2D eigenvalue weighted by atomic mass is 19.1. The van der Waals surface area contributed by atoms with Crippen LogP contribution in [0.25, 0.3) is 0 Å². The van der Waals surface area contributed by atoms with E-state index in [9.17, 15) is 14.0 Å². The van der Waals surface area contributed by atoms with Crippen LogP contribution in [0, 0.1) is 17.7 Å². The Morgan fingerprint density at radius 1 is 1.33 bits per heavy atom. The molecular formula is C15H21FN2O3. The van der Waals surface area contributed by atoms with Crippen LogP contribution in [0.15, 0.2) is 24.3 Å². The lowest BCUT2D eigenvalue weighted by atomic mass is 9.96. The lowest BCUT2D eigenvalue weighted by Gasteiger charge is -2.24. The van der Waals surface area contributed by atoms with Crippen molar-refractivity contribution in [3.05, 3.63) is 30.1 Å². The number of benzene rings is 1. The van der Waals surface area contributed by atoms with Gasteiger partial charge in [0.15, 0.2) is 0 Å². The Labute approximate surface area is 123 Å². The van der Waals surface area contributed by atoms with Gasteiger partial charge in [-0.2, -0.15) is 0 Å². The maximum atomic E-state index is 13.7. The van der Waals surface area contributed by atoms with Crippen LogP contribution in [0.4, 0.5) is 14.9 Å². The smallest absolute Gasteiger partial charge is 0.321 e. The van der Waals surface area contributed by atoms with Crippen LogP contribution in [-0.2, 0) is 4.79 Å². The molecule has 1 rings (SSSR count). The summed E-state index contributed by atoms with van der Waals surface area (Å²) in [6.45, 7) is 5.57. The van der Waals surface area contributed by atoms with Gasteiger partial charge in [-0.05, 0) is 25.0 Å². The summed E-state index contributed by atoms with van der Waals surface area (Å²) in [4.78, 5) is 24.5. The molecule has 0 bridgehead atoms. The van der Waals surface area contributed by atoms with Gasteiger partial charge in [0.05, 0.1) is 11.6 Å². The van der Waals surface area contributed by atoms with Crippen molar-refractivity contribution < 1.29 is 19.1 Å². The number of hydrogen-bond acceptors (Lipinski definition) is 2. The van der Waals surface area contributed by atoms with Crippen molar-refractivity contribution in [1.82, 2.24) is 5.32 Å². The van der Waals surface area contributed by atoms with Crippen molar-refractivity contribution in [3.63, 3.8) is 0 Å². The van der Waals surface area contributed by atoms with E-state index in [1.54, 1.807) is 32.9 Å². The summed E-state index contributed by atoms with van der Waals surface area (Å²) in [5.41, 5.74) is 0.175. The number of urea groups is 1. The Morgan fingerprint density at radius 3 is 2.43 bits per heavy atom. The number of anilines is 1. The van der Waals surface area contributed by atoms with E-state index >= 15 is 0 Å². The summed E-state index contributed by atoms with van der Waals surface area (Å²) in [7, 11) is 0. The van der Waals surface area contributed by atoms with Gasteiger partial charge in [-0.1, -0.05) is 26.0 Å². The van der Waals surface area contributed by atoms with E-state index < -0.39 is 23.7 Å². The number of nitrogens with one attached hydrogen (secondary N) is 1. The number of aliphatic carboxylic acids is 1. The van der Waals surface area contributed by atoms with Crippen molar-refractivity contribution in [2.24, 2.45) is 11.8 Å². The summed E-state index contributed by atoms with van der Waals surface area (Å²) >= 11 is 0. The standard InChI is InChI=1S/C15H21FN2O3/c1-4-18(13-8-6-5-7-12(13)16)15(21)17-9-11(10(2)3)14(19)20/h5-8,10-11H,4,9H2,1-3H3,(H,17,21)(H,19,20). The summed E-state index contributed by atoms with van der Waals surface area (Å²) in [6.07, 6.45) is 0. The molecule has 1 atom stereocenters. The van der Waals surface area contributed by atoms with Crippen molar-refractivity contribution in [3.8, 4) is 0 Å². The first-order chi connectivity index (χ1) is 9.88. The van der Waals surface area contributed by atoms with Gasteiger partial charge in [-0.15, -0.1) is 0 Å². The maximum Gasteiger partial charge on any atom is 0.321 e. The number of nitrogens with zero attached hydrogens (tertiary/aromatic N) is 1. The lowest BCUT2D eigenvalue weighted by Crippen LogP contribution is -2.44. The Hall–Kier alpha value is -2.11. The van der Waals surface area contributed by atoms with Gasteiger partial charge in [0.1, 0.15) is 5.82 Å². The Balaban J connectivity index is 2.77. The average Bonchev–Trinajstić information content (AvgIpc) is 2.41. The molecule has 116 valence electrons. The van der Waals surface area contributed by atoms with Gasteiger partial charge in [0.2, 0.25) is 0 Å². The molecule has 0 fully saturated rings. The minimum atomic E-state index is -0.959. The molecule has 0 radical (unpaired) electrons. The summed E-state index contributed by atoms with van der Waals surface area (Å²) in [5, 5.41) is 11.7. The number of carboxylic acid groups (broad SMARTS) is 1. The highest BCUT2D eigenvalue weighted by molar-refractivity contribution is 5.92. The van der Waals surface area contributed by atoms with E-state index in [0.29, 0.717) is 0 Å². The number of carbonyl (C=O) groups is 2. The van der Waals surface area contributed by atoms with E-state index in [1.807, 2.05) is 0 Å². The van der Waals surface area contributed by atoms with E-state index in [4.69, 9.17) is 5.11 Å². The first-order valence-corrected chi connectivity index (χ1v) is 6.91. The maximum absolute atomic E-state index is 13.7. The highest BCUT2D eigenvalue weighted by Crippen LogP contribution is 2.18. The van der Waals surface area contributed by atoms with E-state index in [0.717, 1.165) is 0 Å². The Bertz CT molecular complexity index is 505. The Kier molecular flexibility index (Phi) is 6.14. The molecule has 1 aromatic rings. The molecule has 0 saturated heterocycles. The number of hydrogen-bond donors (Lipinski definition) is 2. The van der Waals surface area contributed by atoms with E-state index in [1.165, 1.54) is 17.0 Å². The normalized spacial score (nSPS) is 12.0. The van der Waals surface area contributed by atoms with Gasteiger partial charge in [-0.25, -0.2) is 9.18 Å². The number of carbonyl (C=O) groups excluding carboxylic acids is 1. The third kappa shape index (κ3) is 4.44. The molecule has 2 N–H and O–H groups in total.